The molecule has 31 heavy (non-hydrogen) atoms. The summed E-state index contributed by atoms with van der Waals surface area (Å²) in [5.41, 5.74) is 1.68. The van der Waals surface area contributed by atoms with Crippen LogP contribution in [-0.2, 0) is 11.3 Å². The Balaban J connectivity index is 1.32. The zero-order valence-corrected chi connectivity index (χ0v) is 17.7. The molecule has 7 nitrogen and oxygen atoms in total. The topological polar surface area (TPSA) is 81.8 Å². The number of fused-ring (bicyclic) bond motifs is 5. The lowest BCUT2D eigenvalue weighted by Crippen LogP contribution is -2.50. The Hall–Kier alpha value is -3.06. The van der Waals surface area contributed by atoms with E-state index >= 15 is 0 Å². The first-order chi connectivity index (χ1) is 14.9. The highest BCUT2D eigenvalue weighted by Crippen LogP contribution is 2.35. The molecule has 0 saturated carbocycles. The van der Waals surface area contributed by atoms with Crippen LogP contribution in [0.4, 0.5) is 0 Å². The van der Waals surface area contributed by atoms with Gasteiger partial charge in [0.1, 0.15) is 11.3 Å². The molecule has 0 spiro atoms. The molecule has 2 atom stereocenters. The van der Waals surface area contributed by atoms with Crippen molar-refractivity contribution in [3.63, 3.8) is 0 Å². The average Bonchev–Trinajstić information content (AvgIpc) is 2.73. The van der Waals surface area contributed by atoms with Crippen LogP contribution in [0.5, 0.6) is 5.75 Å². The van der Waals surface area contributed by atoms with Gasteiger partial charge in [0.05, 0.1) is 5.02 Å². The number of likely N-dealkylation sites (tertiary alicyclic amines) is 1. The van der Waals surface area contributed by atoms with Crippen LogP contribution in [-0.4, -0.2) is 35.1 Å². The highest BCUT2D eigenvalue weighted by atomic mass is 35.5. The van der Waals surface area contributed by atoms with E-state index in [9.17, 15) is 14.4 Å². The molecule has 0 N–H and O–H groups in total. The van der Waals surface area contributed by atoms with Crippen LogP contribution >= 0.6 is 11.6 Å². The fourth-order valence-corrected chi connectivity index (χ4v) is 4.98. The van der Waals surface area contributed by atoms with Gasteiger partial charge in [0.25, 0.3) is 11.5 Å². The first-order valence-electron chi connectivity index (χ1n) is 10.2. The number of carbonyl (C=O) groups is 1. The molecule has 8 heteroatoms. The van der Waals surface area contributed by atoms with Crippen LogP contribution in [0.2, 0.25) is 5.02 Å². The van der Waals surface area contributed by atoms with Crippen molar-refractivity contribution in [2.24, 2.45) is 5.92 Å². The van der Waals surface area contributed by atoms with Gasteiger partial charge in [0.2, 0.25) is 0 Å². The maximum atomic E-state index is 12.9. The van der Waals surface area contributed by atoms with E-state index in [1.54, 1.807) is 36.1 Å². The van der Waals surface area contributed by atoms with Crippen LogP contribution in [0.25, 0.3) is 11.0 Å². The number of nitrogens with zero attached hydrogens (tertiary/aromatic N) is 2. The van der Waals surface area contributed by atoms with Crippen molar-refractivity contribution >= 4 is 28.5 Å². The van der Waals surface area contributed by atoms with Gasteiger partial charge in [0.15, 0.2) is 6.61 Å². The Morgan fingerprint density at radius 2 is 2.03 bits per heavy atom. The predicted octanol–water partition coefficient (Wildman–Crippen LogP) is 2.94. The Morgan fingerprint density at radius 1 is 1.19 bits per heavy atom. The number of carbonyl (C=O) groups excluding carboxylic acids is 1. The highest BCUT2D eigenvalue weighted by Gasteiger charge is 2.36. The molecule has 3 aromatic rings. The molecule has 0 unspecified atom stereocenters. The number of aryl methyl sites for hydroxylation is 1. The third-order valence-corrected chi connectivity index (χ3v) is 6.48. The summed E-state index contributed by atoms with van der Waals surface area (Å²) in [5.74, 6) is 0.553. The minimum absolute atomic E-state index is 0.0168. The highest BCUT2D eigenvalue weighted by molar-refractivity contribution is 6.32. The number of pyridine rings is 1. The first-order valence-corrected chi connectivity index (χ1v) is 10.6. The van der Waals surface area contributed by atoms with Crippen molar-refractivity contribution < 1.29 is 13.9 Å². The van der Waals surface area contributed by atoms with Crippen LogP contribution < -0.4 is 15.9 Å². The summed E-state index contributed by atoms with van der Waals surface area (Å²) in [5, 5.41) is 1.07. The number of hydrogen-bond acceptors (Lipinski definition) is 5. The number of halogens is 1. The molecule has 1 saturated heterocycles. The van der Waals surface area contributed by atoms with Gasteiger partial charge in [-0.1, -0.05) is 17.7 Å². The SMILES string of the molecule is Cc1cc(=O)oc2cc(OCC(=O)N3C[C@H]4C[C@@H](C3)c3cccc(=O)n3C4)c(Cl)cc12. The molecule has 2 aliphatic rings. The predicted molar refractivity (Wildman–Crippen MR) is 116 cm³/mol. The molecule has 2 aliphatic heterocycles. The second-order valence-corrected chi connectivity index (χ2v) is 8.72. The molecule has 0 radical (unpaired) electrons. The molecule has 1 aromatic carbocycles. The van der Waals surface area contributed by atoms with Crippen molar-refractivity contribution in [1.29, 1.82) is 0 Å². The Bertz CT molecular complexity index is 1310. The summed E-state index contributed by atoms with van der Waals surface area (Å²) in [6.45, 7) is 3.42. The zero-order chi connectivity index (χ0) is 21.7. The Morgan fingerprint density at radius 3 is 2.87 bits per heavy atom. The van der Waals surface area contributed by atoms with E-state index in [4.69, 9.17) is 20.8 Å². The number of amides is 1. The van der Waals surface area contributed by atoms with Gasteiger partial charge >= 0.3 is 5.63 Å². The van der Waals surface area contributed by atoms with E-state index < -0.39 is 5.63 Å². The van der Waals surface area contributed by atoms with Crippen molar-refractivity contribution in [2.45, 2.75) is 25.8 Å². The summed E-state index contributed by atoms with van der Waals surface area (Å²) in [6, 6.07) is 9.96. The lowest BCUT2D eigenvalue weighted by Gasteiger charge is -2.42. The molecular formula is C23H21ClN2O5. The number of aromatic nitrogens is 1. The lowest BCUT2D eigenvalue weighted by atomic mass is 9.83. The minimum atomic E-state index is -0.450. The average molecular weight is 441 g/mol. The van der Waals surface area contributed by atoms with E-state index in [1.165, 1.54) is 6.07 Å². The molecule has 0 aliphatic carbocycles. The lowest BCUT2D eigenvalue weighted by molar-refractivity contribution is -0.136. The minimum Gasteiger partial charge on any atom is -0.482 e. The largest absolute Gasteiger partial charge is 0.482 e. The van der Waals surface area contributed by atoms with Crippen LogP contribution in [0.3, 0.4) is 0 Å². The molecule has 1 amide bonds. The number of piperidine rings is 1. The van der Waals surface area contributed by atoms with E-state index in [0.29, 0.717) is 36.0 Å². The fraction of sp³-hybridized carbons (Fsp3) is 0.348. The van der Waals surface area contributed by atoms with E-state index in [1.807, 2.05) is 10.6 Å². The monoisotopic (exact) mass is 440 g/mol. The number of rotatable bonds is 3. The fourth-order valence-electron chi connectivity index (χ4n) is 4.76. The number of benzene rings is 1. The van der Waals surface area contributed by atoms with Gasteiger partial charge in [-0.05, 0) is 37.0 Å². The van der Waals surface area contributed by atoms with E-state index in [0.717, 1.165) is 23.1 Å². The first kappa shape index (κ1) is 19.9. The molecule has 160 valence electrons. The second-order valence-electron chi connectivity index (χ2n) is 8.31. The smallest absolute Gasteiger partial charge is 0.336 e. The summed E-state index contributed by atoms with van der Waals surface area (Å²) in [7, 11) is 0. The molecule has 1 fully saturated rings. The number of hydrogen-bond donors (Lipinski definition) is 0. The van der Waals surface area contributed by atoms with Crippen LogP contribution in [0.15, 0.2) is 50.4 Å². The second kappa shape index (κ2) is 7.57. The van der Waals surface area contributed by atoms with E-state index in [-0.39, 0.29) is 29.9 Å². The van der Waals surface area contributed by atoms with Crippen LogP contribution in [0.1, 0.15) is 23.6 Å². The van der Waals surface area contributed by atoms with Gasteiger partial charge in [-0.3, -0.25) is 9.59 Å². The normalized spacial score (nSPS) is 19.9. The van der Waals surface area contributed by atoms with Gasteiger partial charge in [0, 0.05) is 54.8 Å². The summed E-state index contributed by atoms with van der Waals surface area (Å²) >= 11 is 6.33. The quantitative estimate of drug-likeness (QED) is 0.585. The summed E-state index contributed by atoms with van der Waals surface area (Å²) in [4.78, 5) is 38.5. The van der Waals surface area contributed by atoms with Gasteiger partial charge in [-0.2, -0.15) is 0 Å². The summed E-state index contributed by atoms with van der Waals surface area (Å²) < 4.78 is 12.8. The molecule has 2 bridgehead atoms. The molecular weight excluding hydrogens is 420 g/mol. The zero-order valence-electron chi connectivity index (χ0n) is 17.0. The maximum Gasteiger partial charge on any atom is 0.336 e. The van der Waals surface area contributed by atoms with Crippen molar-refractivity contribution in [3.05, 3.63) is 73.5 Å². The third-order valence-electron chi connectivity index (χ3n) is 6.19. The number of ether oxygens (including phenoxy) is 1. The Kier molecular flexibility index (Phi) is 4.85. The van der Waals surface area contributed by atoms with Gasteiger partial charge in [-0.25, -0.2) is 4.79 Å². The van der Waals surface area contributed by atoms with Crippen molar-refractivity contribution in [2.75, 3.05) is 19.7 Å². The maximum absolute atomic E-state index is 12.9. The standard InChI is InChI=1S/C23H21ClN2O5/c1-13-5-23(29)31-19-8-20(17(24)7-16(13)19)30-12-22(28)25-9-14-6-15(11-25)18-3-2-4-21(27)26(18)10-14/h2-5,7-8,14-15H,6,9-12H2,1H3/t14-,15+/m1/s1. The van der Waals surface area contributed by atoms with Crippen LogP contribution in [0, 0.1) is 12.8 Å². The third kappa shape index (κ3) is 3.63. The van der Waals surface area contributed by atoms with Gasteiger partial charge < -0.3 is 18.6 Å². The van der Waals surface area contributed by atoms with Gasteiger partial charge in [-0.15, -0.1) is 0 Å². The molecule has 5 rings (SSSR count). The van der Waals surface area contributed by atoms with Crippen molar-refractivity contribution in [3.8, 4) is 5.75 Å². The van der Waals surface area contributed by atoms with Crippen molar-refractivity contribution in [1.82, 2.24) is 9.47 Å². The Labute approximate surface area is 182 Å². The summed E-state index contributed by atoms with van der Waals surface area (Å²) in [6.07, 6.45) is 0.975. The van der Waals surface area contributed by atoms with E-state index in [2.05, 4.69) is 0 Å². The molecule has 2 aromatic heterocycles. The molecule has 4 heterocycles.